The maximum atomic E-state index is 12.0. The van der Waals surface area contributed by atoms with Crippen LogP contribution in [0.25, 0.3) is 0 Å². The van der Waals surface area contributed by atoms with Gasteiger partial charge in [-0.2, -0.15) is 0 Å². The molecule has 7 heteroatoms. The Morgan fingerprint density at radius 2 is 1.91 bits per heavy atom. The van der Waals surface area contributed by atoms with Crippen LogP contribution in [-0.4, -0.2) is 43.9 Å². The lowest BCUT2D eigenvalue weighted by Crippen LogP contribution is -2.41. The zero-order valence-electron chi connectivity index (χ0n) is 15.4. The van der Waals surface area contributed by atoms with Crippen molar-refractivity contribution in [2.75, 3.05) is 19.8 Å². The minimum Gasteiger partial charge on any atom is -0.477 e. The van der Waals surface area contributed by atoms with Crippen LogP contribution in [0.5, 0.6) is 5.88 Å². The molecule has 0 aliphatic rings. The second kappa shape index (κ2) is 7.96. The molecule has 0 amide bonds. The first-order chi connectivity index (χ1) is 10.6. The third-order valence-electron chi connectivity index (χ3n) is 4.11. The number of rotatable bonds is 8. The molecule has 0 aliphatic carbocycles. The van der Waals surface area contributed by atoms with Crippen molar-refractivity contribution in [1.82, 2.24) is 9.78 Å². The maximum Gasteiger partial charge on any atom is 0.356 e. The third kappa shape index (κ3) is 5.35. The number of carbonyl (C=O) groups is 1. The smallest absolute Gasteiger partial charge is 0.356 e. The number of nitrogens with zero attached hydrogens (tertiary/aromatic N) is 2. The summed E-state index contributed by atoms with van der Waals surface area (Å²) in [7, 11) is -1.82. The van der Waals surface area contributed by atoms with Crippen molar-refractivity contribution in [3.05, 3.63) is 11.8 Å². The fourth-order valence-corrected chi connectivity index (χ4v) is 2.79. The Kier molecular flexibility index (Phi) is 6.82. The maximum absolute atomic E-state index is 12.0. The van der Waals surface area contributed by atoms with Crippen molar-refractivity contribution in [3.8, 4) is 5.88 Å². The number of aromatic nitrogens is 2. The van der Waals surface area contributed by atoms with Crippen molar-refractivity contribution in [2.24, 2.45) is 0 Å². The average Bonchev–Trinajstić information content (AvgIpc) is 2.81. The Morgan fingerprint density at radius 1 is 1.26 bits per heavy atom. The van der Waals surface area contributed by atoms with Gasteiger partial charge in [0.1, 0.15) is 5.69 Å². The van der Waals surface area contributed by atoms with E-state index in [0.29, 0.717) is 37.9 Å². The summed E-state index contributed by atoms with van der Waals surface area (Å²) < 4.78 is 18.2. The van der Waals surface area contributed by atoms with Crippen LogP contribution < -0.4 is 4.74 Å². The molecule has 23 heavy (non-hydrogen) atoms. The molecule has 6 nitrogen and oxygen atoms in total. The fourth-order valence-electron chi connectivity index (χ4n) is 1.76. The second-order valence-electron chi connectivity index (χ2n) is 6.85. The van der Waals surface area contributed by atoms with Gasteiger partial charge in [-0.15, -0.1) is 5.10 Å². The highest BCUT2D eigenvalue weighted by molar-refractivity contribution is 6.74. The van der Waals surface area contributed by atoms with Gasteiger partial charge in [-0.1, -0.05) is 20.8 Å². The molecule has 132 valence electrons. The van der Waals surface area contributed by atoms with Gasteiger partial charge in [-0.05, 0) is 32.0 Å². The molecular weight excluding hydrogens is 312 g/mol. The summed E-state index contributed by atoms with van der Waals surface area (Å²) in [4.78, 5) is 12.0. The van der Waals surface area contributed by atoms with E-state index in [1.165, 1.54) is 0 Å². The molecule has 0 bridgehead atoms. The van der Waals surface area contributed by atoms with Crippen molar-refractivity contribution in [1.29, 1.82) is 0 Å². The highest BCUT2D eigenvalue weighted by Gasteiger charge is 2.37. The van der Waals surface area contributed by atoms with Crippen molar-refractivity contribution in [2.45, 2.75) is 59.3 Å². The first-order valence-electron chi connectivity index (χ1n) is 8.14. The molecule has 0 saturated carbocycles. The Labute approximate surface area is 140 Å². The summed E-state index contributed by atoms with van der Waals surface area (Å²) in [6.07, 6.45) is 0. The highest BCUT2D eigenvalue weighted by Crippen LogP contribution is 2.36. The van der Waals surface area contributed by atoms with Gasteiger partial charge >= 0.3 is 5.97 Å². The fraction of sp³-hybridized carbons (Fsp3) is 0.750. The molecule has 0 N–H and O–H groups in total. The molecule has 1 aromatic rings. The molecule has 0 spiro atoms. The molecule has 0 saturated heterocycles. The molecule has 0 unspecified atom stereocenters. The van der Waals surface area contributed by atoms with Crippen molar-refractivity contribution in [3.63, 3.8) is 0 Å². The predicted octanol–water partition coefficient (Wildman–Crippen LogP) is 3.48. The number of esters is 1. The Bertz CT molecular complexity index is 521. The average molecular weight is 343 g/mol. The van der Waals surface area contributed by atoms with E-state index >= 15 is 0 Å². The molecule has 1 rings (SSSR count). The van der Waals surface area contributed by atoms with Crippen LogP contribution >= 0.6 is 0 Å². The third-order valence-corrected chi connectivity index (χ3v) is 8.64. The zero-order valence-corrected chi connectivity index (χ0v) is 16.4. The number of carbonyl (C=O) groups excluding carboxylic acids is 1. The standard InChI is InChI=1S/C16H30N2O4Si/c1-8-20-14-12-13(15(19)21-9-2)18(17-14)10-11-22-23(6,7)16(3,4)5/h12H,8-11H2,1-7H3. The predicted molar refractivity (Wildman–Crippen MR) is 92.5 cm³/mol. The van der Waals surface area contributed by atoms with Gasteiger partial charge in [-0.3, -0.25) is 4.68 Å². The van der Waals surface area contributed by atoms with Crippen LogP contribution in [0, 0.1) is 0 Å². The second-order valence-corrected chi connectivity index (χ2v) is 11.7. The van der Waals surface area contributed by atoms with Gasteiger partial charge < -0.3 is 13.9 Å². The van der Waals surface area contributed by atoms with Crippen molar-refractivity contribution < 1.29 is 18.7 Å². The van der Waals surface area contributed by atoms with Gasteiger partial charge in [0.05, 0.1) is 26.4 Å². The first kappa shape index (κ1) is 19.7. The highest BCUT2D eigenvalue weighted by atomic mass is 28.4. The van der Waals surface area contributed by atoms with Crippen LogP contribution in [-0.2, 0) is 15.7 Å². The largest absolute Gasteiger partial charge is 0.477 e. The van der Waals surface area contributed by atoms with Crippen molar-refractivity contribution >= 4 is 14.3 Å². The molecule has 0 atom stereocenters. The van der Waals surface area contributed by atoms with E-state index in [-0.39, 0.29) is 5.04 Å². The molecule has 0 radical (unpaired) electrons. The molecule has 1 aromatic heterocycles. The van der Waals surface area contributed by atoms with E-state index in [1.54, 1.807) is 17.7 Å². The Hall–Kier alpha value is -1.34. The summed E-state index contributed by atoms with van der Waals surface area (Å²) in [5, 5.41) is 4.46. The van der Waals surface area contributed by atoms with E-state index in [1.807, 2.05) is 6.92 Å². The van der Waals surface area contributed by atoms with Crippen LogP contribution in [0.15, 0.2) is 6.07 Å². The van der Waals surface area contributed by atoms with Crippen LogP contribution in [0.1, 0.15) is 45.1 Å². The lowest BCUT2D eigenvalue weighted by molar-refractivity contribution is 0.0510. The molecular formula is C16H30N2O4Si. The van der Waals surface area contributed by atoms with E-state index in [2.05, 4.69) is 39.0 Å². The Balaban J connectivity index is 2.80. The summed E-state index contributed by atoms with van der Waals surface area (Å²) in [5.74, 6) is 0.0427. The number of ether oxygens (including phenoxy) is 2. The molecule has 0 fully saturated rings. The first-order valence-corrected chi connectivity index (χ1v) is 11.0. The molecule has 0 aromatic carbocycles. The molecule has 1 heterocycles. The van der Waals surface area contributed by atoms with Crippen LogP contribution in [0.4, 0.5) is 0 Å². The van der Waals surface area contributed by atoms with E-state index in [0.717, 1.165) is 0 Å². The van der Waals surface area contributed by atoms with Gasteiger partial charge in [0.25, 0.3) is 0 Å². The van der Waals surface area contributed by atoms with Gasteiger partial charge in [0, 0.05) is 6.07 Å². The van der Waals surface area contributed by atoms with Crippen LogP contribution in [0.2, 0.25) is 18.1 Å². The normalized spacial score (nSPS) is 12.3. The summed E-state index contributed by atoms with van der Waals surface area (Å²) >= 11 is 0. The minimum atomic E-state index is -1.82. The SMILES string of the molecule is CCOC(=O)c1cc(OCC)nn1CCO[Si](C)(C)C(C)(C)C. The van der Waals surface area contributed by atoms with Gasteiger partial charge in [0.15, 0.2) is 8.32 Å². The number of hydrogen-bond donors (Lipinski definition) is 0. The van der Waals surface area contributed by atoms with Gasteiger partial charge in [0.2, 0.25) is 5.88 Å². The summed E-state index contributed by atoms with van der Waals surface area (Å²) in [6, 6.07) is 1.62. The topological polar surface area (TPSA) is 62.6 Å². The summed E-state index contributed by atoms with van der Waals surface area (Å²) in [5.41, 5.74) is 0.397. The van der Waals surface area contributed by atoms with Crippen LogP contribution in [0.3, 0.4) is 0 Å². The Morgan fingerprint density at radius 3 is 2.43 bits per heavy atom. The minimum absolute atomic E-state index is 0.150. The summed E-state index contributed by atoms with van der Waals surface area (Å²) in [6.45, 7) is 16.5. The quantitative estimate of drug-likeness (QED) is 0.534. The lowest BCUT2D eigenvalue weighted by Gasteiger charge is -2.36. The van der Waals surface area contributed by atoms with E-state index in [4.69, 9.17) is 13.9 Å². The monoisotopic (exact) mass is 342 g/mol. The zero-order chi connectivity index (χ0) is 17.7. The van der Waals surface area contributed by atoms with E-state index < -0.39 is 14.3 Å². The van der Waals surface area contributed by atoms with E-state index in [9.17, 15) is 4.79 Å². The lowest BCUT2D eigenvalue weighted by atomic mass is 10.2. The molecule has 0 aliphatic heterocycles. The van der Waals surface area contributed by atoms with Gasteiger partial charge in [-0.25, -0.2) is 4.79 Å². The number of hydrogen-bond acceptors (Lipinski definition) is 5.